The van der Waals surface area contributed by atoms with Crippen molar-refractivity contribution in [2.24, 2.45) is 5.41 Å². The maximum absolute atomic E-state index is 12.1. The maximum atomic E-state index is 12.1. The molecule has 1 atom stereocenters. The van der Waals surface area contributed by atoms with Crippen LogP contribution in [-0.2, 0) is 11.3 Å². The molecule has 27 heavy (non-hydrogen) atoms. The highest BCUT2D eigenvalue weighted by molar-refractivity contribution is 5.67. The highest BCUT2D eigenvalue weighted by atomic mass is 16.6. The van der Waals surface area contributed by atoms with E-state index in [0.29, 0.717) is 24.9 Å². The zero-order valence-corrected chi connectivity index (χ0v) is 15.8. The summed E-state index contributed by atoms with van der Waals surface area (Å²) in [6.07, 6.45) is 3.09. The number of likely N-dealkylation sites (tertiary alicyclic amines) is 2. The number of rotatable bonds is 4. The van der Waals surface area contributed by atoms with Gasteiger partial charge in [-0.3, -0.25) is 4.90 Å². The van der Waals surface area contributed by atoms with Crippen LogP contribution >= 0.6 is 0 Å². The first-order chi connectivity index (χ1) is 13.2. The molecule has 4 rings (SSSR count). The molecule has 1 amide bonds. The van der Waals surface area contributed by atoms with Crippen molar-refractivity contribution in [3.05, 3.63) is 36.2 Å². The van der Waals surface area contributed by atoms with Crippen LogP contribution in [0, 0.1) is 5.41 Å². The third-order valence-corrected chi connectivity index (χ3v) is 5.56. The fourth-order valence-electron chi connectivity index (χ4n) is 4.29. The highest BCUT2D eigenvalue weighted by Crippen LogP contribution is 2.39. The van der Waals surface area contributed by atoms with E-state index in [1.54, 1.807) is 0 Å². The van der Waals surface area contributed by atoms with E-state index in [0.717, 1.165) is 51.0 Å². The number of amides is 1. The van der Waals surface area contributed by atoms with Crippen molar-refractivity contribution < 1.29 is 14.1 Å². The molecule has 144 valence electrons. The summed E-state index contributed by atoms with van der Waals surface area (Å²) < 4.78 is 10.7. The fourth-order valence-corrected chi connectivity index (χ4v) is 4.29. The van der Waals surface area contributed by atoms with Gasteiger partial charge in [0.05, 0.1) is 13.2 Å². The van der Waals surface area contributed by atoms with E-state index in [1.807, 2.05) is 42.2 Å². The summed E-state index contributed by atoms with van der Waals surface area (Å²) in [6.45, 7) is 6.44. The van der Waals surface area contributed by atoms with Crippen LogP contribution in [0.4, 0.5) is 4.79 Å². The zero-order valence-electron chi connectivity index (χ0n) is 15.8. The summed E-state index contributed by atoms with van der Waals surface area (Å²) in [5.74, 6) is 1.27. The summed E-state index contributed by atoms with van der Waals surface area (Å²) in [6, 6.07) is 9.86. The summed E-state index contributed by atoms with van der Waals surface area (Å²) in [5.41, 5.74) is 1.12. The summed E-state index contributed by atoms with van der Waals surface area (Å²) in [5, 5.41) is 4.11. The van der Waals surface area contributed by atoms with E-state index in [4.69, 9.17) is 9.26 Å². The average molecular weight is 370 g/mol. The first-order valence-corrected chi connectivity index (χ1v) is 9.69. The third-order valence-electron chi connectivity index (χ3n) is 5.56. The number of benzene rings is 1. The van der Waals surface area contributed by atoms with Crippen LogP contribution in [0.5, 0.6) is 0 Å². The van der Waals surface area contributed by atoms with Gasteiger partial charge in [-0.2, -0.15) is 4.98 Å². The maximum Gasteiger partial charge on any atom is 0.409 e. The Kier molecular flexibility index (Phi) is 5.11. The number of nitrogens with zero attached hydrogens (tertiary/aromatic N) is 4. The van der Waals surface area contributed by atoms with E-state index < -0.39 is 0 Å². The van der Waals surface area contributed by atoms with Crippen LogP contribution in [-0.4, -0.2) is 58.8 Å². The van der Waals surface area contributed by atoms with Crippen LogP contribution in [0.25, 0.3) is 11.4 Å². The second-order valence-corrected chi connectivity index (χ2v) is 7.56. The monoisotopic (exact) mass is 370 g/mol. The molecule has 2 saturated heterocycles. The smallest absolute Gasteiger partial charge is 0.409 e. The summed E-state index contributed by atoms with van der Waals surface area (Å²) in [4.78, 5) is 20.9. The normalized spacial score (nSPS) is 23.1. The van der Waals surface area contributed by atoms with E-state index in [-0.39, 0.29) is 11.5 Å². The van der Waals surface area contributed by atoms with Crippen LogP contribution in [0.2, 0.25) is 0 Å². The van der Waals surface area contributed by atoms with Gasteiger partial charge >= 0.3 is 6.09 Å². The Labute approximate surface area is 159 Å². The molecule has 0 radical (unpaired) electrons. The molecule has 3 heterocycles. The van der Waals surface area contributed by atoms with Crippen LogP contribution in [0.15, 0.2) is 34.9 Å². The Morgan fingerprint density at radius 1 is 1.22 bits per heavy atom. The molecule has 7 nitrogen and oxygen atoms in total. The molecular formula is C20H26N4O3. The fraction of sp³-hybridized carbons (Fsp3) is 0.550. The molecule has 0 N–H and O–H groups in total. The number of aromatic nitrogens is 2. The Hall–Kier alpha value is -2.41. The van der Waals surface area contributed by atoms with Crippen LogP contribution in [0.3, 0.4) is 0 Å². The Morgan fingerprint density at radius 2 is 2.07 bits per heavy atom. The summed E-state index contributed by atoms with van der Waals surface area (Å²) >= 11 is 0. The minimum atomic E-state index is -0.181. The predicted octanol–water partition coefficient (Wildman–Crippen LogP) is 3.18. The van der Waals surface area contributed by atoms with Gasteiger partial charge in [-0.25, -0.2) is 4.79 Å². The standard InChI is InChI=1S/C20H26N4O3/c1-2-26-19(25)24-11-6-9-20(15-24)10-12-23(14-20)13-17-21-18(22-27-17)16-7-4-3-5-8-16/h3-5,7-8H,2,6,9-15H2,1H3/t20-/m0/s1. The molecular weight excluding hydrogens is 344 g/mol. The molecule has 0 bridgehead atoms. The lowest BCUT2D eigenvalue weighted by molar-refractivity contribution is 0.0594. The quantitative estimate of drug-likeness (QED) is 0.823. The van der Waals surface area contributed by atoms with E-state index >= 15 is 0 Å². The average Bonchev–Trinajstić information content (AvgIpc) is 3.31. The van der Waals surface area contributed by atoms with Gasteiger partial charge in [-0.15, -0.1) is 0 Å². The number of hydrogen-bond acceptors (Lipinski definition) is 6. The molecule has 1 aromatic carbocycles. The molecule has 2 fully saturated rings. The molecule has 1 spiro atoms. The van der Waals surface area contributed by atoms with Crippen molar-refractivity contribution >= 4 is 6.09 Å². The molecule has 0 unspecified atom stereocenters. The predicted molar refractivity (Wildman–Crippen MR) is 99.9 cm³/mol. The molecule has 1 aromatic heterocycles. The second kappa shape index (κ2) is 7.68. The molecule has 7 heteroatoms. The van der Waals surface area contributed by atoms with Crippen LogP contribution < -0.4 is 0 Å². The first kappa shape index (κ1) is 18.0. The topological polar surface area (TPSA) is 71.7 Å². The lowest BCUT2D eigenvalue weighted by atomic mass is 9.79. The Morgan fingerprint density at radius 3 is 2.89 bits per heavy atom. The molecule has 2 aliphatic heterocycles. The third kappa shape index (κ3) is 3.98. The van der Waals surface area contributed by atoms with E-state index in [1.165, 1.54) is 0 Å². The number of carbonyl (C=O) groups is 1. The first-order valence-electron chi connectivity index (χ1n) is 9.69. The van der Waals surface area contributed by atoms with Gasteiger partial charge in [0.25, 0.3) is 0 Å². The van der Waals surface area contributed by atoms with Crippen molar-refractivity contribution in [2.75, 3.05) is 32.8 Å². The van der Waals surface area contributed by atoms with Gasteiger partial charge in [0, 0.05) is 30.6 Å². The van der Waals surface area contributed by atoms with Crippen molar-refractivity contribution in [1.29, 1.82) is 0 Å². The zero-order chi connectivity index (χ0) is 18.7. The minimum Gasteiger partial charge on any atom is -0.450 e. The molecule has 0 aliphatic carbocycles. The molecule has 2 aromatic rings. The van der Waals surface area contributed by atoms with Gasteiger partial charge in [-0.1, -0.05) is 35.5 Å². The molecule has 2 aliphatic rings. The van der Waals surface area contributed by atoms with Gasteiger partial charge in [-0.05, 0) is 32.7 Å². The van der Waals surface area contributed by atoms with Gasteiger partial charge < -0.3 is 14.2 Å². The second-order valence-electron chi connectivity index (χ2n) is 7.56. The van der Waals surface area contributed by atoms with Crippen molar-refractivity contribution in [3.8, 4) is 11.4 Å². The van der Waals surface area contributed by atoms with E-state index in [9.17, 15) is 4.79 Å². The lowest BCUT2D eigenvalue weighted by Crippen LogP contribution is -2.47. The minimum absolute atomic E-state index is 0.160. The largest absolute Gasteiger partial charge is 0.450 e. The van der Waals surface area contributed by atoms with Crippen LogP contribution in [0.1, 0.15) is 32.1 Å². The van der Waals surface area contributed by atoms with E-state index in [2.05, 4.69) is 15.0 Å². The van der Waals surface area contributed by atoms with Gasteiger partial charge in [0.1, 0.15) is 0 Å². The Balaban J connectivity index is 1.37. The summed E-state index contributed by atoms with van der Waals surface area (Å²) in [7, 11) is 0. The highest BCUT2D eigenvalue weighted by Gasteiger charge is 2.43. The Bertz CT molecular complexity index is 779. The number of piperidine rings is 1. The number of carbonyl (C=O) groups excluding carboxylic acids is 1. The SMILES string of the molecule is CCOC(=O)N1CCC[C@@]2(CCN(Cc3nc(-c4ccccc4)no3)C2)C1. The van der Waals surface area contributed by atoms with Gasteiger partial charge in [0.15, 0.2) is 0 Å². The molecule has 0 saturated carbocycles. The lowest BCUT2D eigenvalue weighted by Gasteiger charge is -2.39. The van der Waals surface area contributed by atoms with Crippen molar-refractivity contribution in [2.45, 2.75) is 32.7 Å². The van der Waals surface area contributed by atoms with Gasteiger partial charge in [0.2, 0.25) is 11.7 Å². The number of ether oxygens (including phenoxy) is 1. The number of hydrogen-bond donors (Lipinski definition) is 0. The van der Waals surface area contributed by atoms with Crippen molar-refractivity contribution in [1.82, 2.24) is 19.9 Å². The van der Waals surface area contributed by atoms with Crippen molar-refractivity contribution in [3.63, 3.8) is 0 Å².